The van der Waals surface area contributed by atoms with Crippen molar-refractivity contribution in [1.29, 1.82) is 0 Å². The quantitative estimate of drug-likeness (QED) is 0.537. The first kappa shape index (κ1) is 17.9. The third-order valence-electron chi connectivity index (χ3n) is 4.59. The molecule has 0 radical (unpaired) electrons. The number of carbonyl (C=O) groups is 2. The summed E-state index contributed by atoms with van der Waals surface area (Å²) in [6, 6.07) is 5.73. The van der Waals surface area contributed by atoms with Gasteiger partial charge in [0.25, 0.3) is 0 Å². The smallest absolute Gasteiger partial charge is 0.201 e. The number of hydrogen-bond acceptors (Lipinski definition) is 7. The summed E-state index contributed by atoms with van der Waals surface area (Å²) >= 11 is 0. The summed E-state index contributed by atoms with van der Waals surface area (Å²) in [5.74, 6) is -1.74. The fraction of sp³-hybridized carbons (Fsp3) is 0.263. The van der Waals surface area contributed by atoms with E-state index < -0.39 is 11.6 Å². The number of carbonyl (C=O) groups excluding carboxylic acids is 2. The first-order valence-corrected chi connectivity index (χ1v) is 8.17. The predicted octanol–water partition coefficient (Wildman–Crippen LogP) is 0.973. The molecule has 0 amide bonds. The number of hydrogen-bond donors (Lipinski definition) is 4. The number of phenols is 2. The average molecular weight is 357 g/mol. The van der Waals surface area contributed by atoms with Gasteiger partial charge >= 0.3 is 0 Å². The van der Waals surface area contributed by atoms with Gasteiger partial charge in [-0.2, -0.15) is 0 Å². The van der Waals surface area contributed by atoms with Crippen molar-refractivity contribution in [2.45, 2.75) is 6.92 Å². The summed E-state index contributed by atoms with van der Waals surface area (Å²) in [6.07, 6.45) is 0. The van der Waals surface area contributed by atoms with Crippen molar-refractivity contribution in [2.24, 2.45) is 0 Å². The lowest BCUT2D eigenvalue weighted by Gasteiger charge is -2.28. The van der Waals surface area contributed by atoms with E-state index in [0.717, 1.165) is 0 Å². The molecule has 0 bridgehead atoms. The standard InChI is InChI=1S/C19H19NO6/c1-10-13(20(5-7-21)6-8-22)9-12-16(17(10)24)19(26)15-11(18(12)25)3-2-4-14(15)23/h2-4,9,21-24H,5-8H2,1H3. The molecule has 0 aliphatic heterocycles. The van der Waals surface area contributed by atoms with Crippen LogP contribution in [0.5, 0.6) is 11.5 Å². The van der Waals surface area contributed by atoms with E-state index in [1.165, 1.54) is 24.3 Å². The second-order valence-electron chi connectivity index (χ2n) is 6.08. The zero-order valence-corrected chi connectivity index (χ0v) is 14.2. The van der Waals surface area contributed by atoms with Gasteiger partial charge in [0.15, 0.2) is 5.78 Å². The Morgan fingerprint density at radius 3 is 2.19 bits per heavy atom. The summed E-state index contributed by atoms with van der Waals surface area (Å²) < 4.78 is 0. The number of ketones is 2. The highest BCUT2D eigenvalue weighted by Gasteiger charge is 2.36. The Bertz CT molecular complexity index is 899. The van der Waals surface area contributed by atoms with Crippen LogP contribution in [0.15, 0.2) is 24.3 Å². The van der Waals surface area contributed by atoms with Gasteiger partial charge in [0.2, 0.25) is 5.78 Å². The monoisotopic (exact) mass is 357 g/mol. The summed E-state index contributed by atoms with van der Waals surface area (Å²) in [5.41, 5.74) is 0.660. The van der Waals surface area contributed by atoms with Gasteiger partial charge in [-0.05, 0) is 19.1 Å². The highest BCUT2D eigenvalue weighted by Crippen LogP contribution is 2.41. The third kappa shape index (κ3) is 2.61. The number of fused-ring (bicyclic) bond motifs is 2. The first-order valence-electron chi connectivity index (χ1n) is 8.17. The van der Waals surface area contributed by atoms with Crippen LogP contribution in [0.3, 0.4) is 0 Å². The zero-order chi connectivity index (χ0) is 19.0. The van der Waals surface area contributed by atoms with Gasteiger partial charge in [-0.1, -0.05) is 12.1 Å². The van der Waals surface area contributed by atoms with Crippen molar-refractivity contribution in [2.75, 3.05) is 31.2 Å². The van der Waals surface area contributed by atoms with Crippen LogP contribution in [0.25, 0.3) is 0 Å². The molecule has 0 heterocycles. The van der Waals surface area contributed by atoms with E-state index >= 15 is 0 Å². The van der Waals surface area contributed by atoms with E-state index in [0.29, 0.717) is 11.3 Å². The van der Waals surface area contributed by atoms with Gasteiger partial charge in [-0.15, -0.1) is 0 Å². The van der Waals surface area contributed by atoms with E-state index in [9.17, 15) is 30.0 Å². The van der Waals surface area contributed by atoms with E-state index in [4.69, 9.17) is 0 Å². The molecule has 0 aromatic heterocycles. The van der Waals surface area contributed by atoms with Crippen molar-refractivity contribution < 1.29 is 30.0 Å². The molecule has 0 saturated heterocycles. The van der Waals surface area contributed by atoms with Gasteiger partial charge < -0.3 is 25.3 Å². The van der Waals surface area contributed by atoms with Crippen LogP contribution in [-0.4, -0.2) is 58.3 Å². The van der Waals surface area contributed by atoms with Crippen LogP contribution in [0, 0.1) is 6.92 Å². The molecule has 0 unspecified atom stereocenters. The second-order valence-corrected chi connectivity index (χ2v) is 6.08. The largest absolute Gasteiger partial charge is 0.507 e. The Hall–Kier alpha value is -2.90. The zero-order valence-electron chi connectivity index (χ0n) is 14.2. The lowest BCUT2D eigenvalue weighted by atomic mass is 9.81. The number of aromatic hydroxyl groups is 2. The number of anilines is 1. The van der Waals surface area contributed by atoms with E-state index in [1.54, 1.807) is 11.8 Å². The Morgan fingerprint density at radius 1 is 0.923 bits per heavy atom. The summed E-state index contributed by atoms with van der Waals surface area (Å²) in [6.45, 7) is 1.62. The minimum absolute atomic E-state index is 0.0343. The van der Waals surface area contributed by atoms with Crippen LogP contribution >= 0.6 is 0 Å². The molecule has 2 aromatic carbocycles. The molecule has 0 spiro atoms. The molecular weight excluding hydrogens is 338 g/mol. The average Bonchev–Trinajstić information content (AvgIpc) is 2.61. The van der Waals surface area contributed by atoms with Gasteiger partial charge in [-0.25, -0.2) is 0 Å². The van der Waals surface area contributed by atoms with Crippen LogP contribution in [0.1, 0.15) is 37.4 Å². The maximum absolute atomic E-state index is 12.9. The number of rotatable bonds is 5. The molecule has 136 valence electrons. The van der Waals surface area contributed by atoms with Gasteiger partial charge in [0.1, 0.15) is 11.5 Å². The molecule has 26 heavy (non-hydrogen) atoms. The van der Waals surface area contributed by atoms with Crippen LogP contribution < -0.4 is 4.90 Å². The number of nitrogens with zero attached hydrogens (tertiary/aromatic N) is 1. The van der Waals surface area contributed by atoms with Crippen LogP contribution in [0.4, 0.5) is 5.69 Å². The maximum atomic E-state index is 12.9. The van der Waals surface area contributed by atoms with Crippen molar-refractivity contribution >= 4 is 17.3 Å². The molecule has 0 saturated carbocycles. The molecule has 0 atom stereocenters. The molecule has 3 rings (SSSR count). The molecular formula is C19H19NO6. The summed E-state index contributed by atoms with van der Waals surface area (Å²) in [5, 5.41) is 39.1. The first-order chi connectivity index (χ1) is 12.4. The molecule has 2 aromatic rings. The number of aliphatic hydroxyl groups excluding tert-OH is 2. The highest BCUT2D eigenvalue weighted by molar-refractivity contribution is 6.30. The van der Waals surface area contributed by atoms with Crippen molar-refractivity contribution in [1.82, 2.24) is 0 Å². The van der Waals surface area contributed by atoms with Crippen molar-refractivity contribution in [3.05, 3.63) is 52.1 Å². The predicted molar refractivity (Wildman–Crippen MR) is 94.2 cm³/mol. The van der Waals surface area contributed by atoms with Crippen LogP contribution in [-0.2, 0) is 0 Å². The van der Waals surface area contributed by atoms with Gasteiger partial charge in [-0.3, -0.25) is 9.59 Å². The minimum Gasteiger partial charge on any atom is -0.507 e. The molecule has 7 nitrogen and oxygen atoms in total. The molecule has 1 aliphatic rings. The molecule has 1 aliphatic carbocycles. The fourth-order valence-corrected chi connectivity index (χ4v) is 3.32. The third-order valence-corrected chi connectivity index (χ3v) is 4.59. The SMILES string of the molecule is Cc1c(N(CCO)CCO)cc2c(c1O)C(=O)c1c(O)cccc1C2=O. The number of aliphatic hydroxyl groups is 2. The van der Waals surface area contributed by atoms with Gasteiger partial charge in [0, 0.05) is 35.5 Å². The lowest BCUT2D eigenvalue weighted by molar-refractivity contribution is 0.0974. The Morgan fingerprint density at radius 2 is 1.58 bits per heavy atom. The molecule has 4 N–H and O–H groups in total. The van der Waals surface area contributed by atoms with Crippen LogP contribution in [0.2, 0.25) is 0 Å². The van der Waals surface area contributed by atoms with E-state index in [1.807, 2.05) is 0 Å². The Balaban J connectivity index is 2.24. The second kappa shape index (κ2) is 6.78. The minimum atomic E-state index is -0.615. The van der Waals surface area contributed by atoms with Crippen molar-refractivity contribution in [3.8, 4) is 11.5 Å². The summed E-state index contributed by atoms with van der Waals surface area (Å²) in [7, 11) is 0. The summed E-state index contributed by atoms with van der Waals surface area (Å²) in [4.78, 5) is 27.3. The normalized spacial score (nSPS) is 12.7. The number of benzene rings is 2. The Labute approximate surface area is 149 Å². The lowest BCUT2D eigenvalue weighted by Crippen LogP contribution is -2.31. The topological polar surface area (TPSA) is 118 Å². The van der Waals surface area contributed by atoms with E-state index in [2.05, 4.69) is 0 Å². The maximum Gasteiger partial charge on any atom is 0.201 e. The molecule has 0 fully saturated rings. The van der Waals surface area contributed by atoms with Gasteiger partial charge in [0.05, 0.1) is 24.3 Å². The fourth-order valence-electron chi connectivity index (χ4n) is 3.32. The Kier molecular flexibility index (Phi) is 4.67. The van der Waals surface area contributed by atoms with E-state index in [-0.39, 0.29) is 60.1 Å². The highest BCUT2D eigenvalue weighted by atomic mass is 16.3. The number of phenolic OH excluding ortho intramolecular Hbond substituents is 2. The van der Waals surface area contributed by atoms with Crippen molar-refractivity contribution in [3.63, 3.8) is 0 Å². The molecule has 7 heteroatoms.